The van der Waals surface area contributed by atoms with Crippen LogP contribution in [0, 0.1) is 0 Å². The van der Waals surface area contributed by atoms with Gasteiger partial charge in [-0.1, -0.05) is 29.8 Å². The van der Waals surface area contributed by atoms with Gasteiger partial charge >= 0.3 is 0 Å². The van der Waals surface area contributed by atoms with Crippen molar-refractivity contribution in [1.29, 1.82) is 0 Å². The lowest BCUT2D eigenvalue weighted by Gasteiger charge is -2.26. The van der Waals surface area contributed by atoms with Crippen LogP contribution in [0.4, 0.5) is 0 Å². The minimum atomic E-state index is -0.166. The summed E-state index contributed by atoms with van der Waals surface area (Å²) < 4.78 is 1.99. The van der Waals surface area contributed by atoms with Gasteiger partial charge in [-0.25, -0.2) is 0 Å². The Morgan fingerprint density at radius 3 is 2.48 bits per heavy atom. The number of likely N-dealkylation sites (tertiary alicyclic amines) is 2. The van der Waals surface area contributed by atoms with Gasteiger partial charge in [0.25, 0.3) is 0 Å². The summed E-state index contributed by atoms with van der Waals surface area (Å²) in [6.45, 7) is 3.36. The van der Waals surface area contributed by atoms with Gasteiger partial charge in [0.05, 0.1) is 12.3 Å². The number of carbonyl (C=O) groups is 2. The summed E-state index contributed by atoms with van der Waals surface area (Å²) in [5.74, 6) is 0.768. The summed E-state index contributed by atoms with van der Waals surface area (Å²) in [6.07, 6.45) is 4.89. The van der Waals surface area contributed by atoms with Crippen molar-refractivity contribution in [2.75, 3.05) is 25.4 Å². The van der Waals surface area contributed by atoms with Crippen LogP contribution in [0.3, 0.4) is 0 Å². The second-order valence-corrected chi connectivity index (χ2v) is 8.76. The third-order valence-corrected chi connectivity index (χ3v) is 6.46. The predicted molar refractivity (Wildman–Crippen MR) is 112 cm³/mol. The average Bonchev–Trinajstić information content (AvgIpc) is 3.34. The molecule has 0 atom stereocenters. The number of hydrogen-bond donors (Lipinski definition) is 0. The van der Waals surface area contributed by atoms with Crippen molar-refractivity contribution < 1.29 is 9.59 Å². The van der Waals surface area contributed by atoms with Crippen LogP contribution >= 0.6 is 23.4 Å². The maximum absolute atomic E-state index is 12.4. The third kappa shape index (κ3) is 4.82. The number of benzene rings is 1. The fourth-order valence-corrected chi connectivity index (χ4v) is 4.75. The molecule has 2 aliphatic rings. The van der Waals surface area contributed by atoms with Gasteiger partial charge < -0.3 is 0 Å². The highest BCUT2D eigenvalue weighted by Gasteiger charge is 2.27. The van der Waals surface area contributed by atoms with Gasteiger partial charge in [0.2, 0.25) is 11.8 Å². The fourth-order valence-electron chi connectivity index (χ4n) is 3.78. The summed E-state index contributed by atoms with van der Waals surface area (Å²) in [6, 6.07) is 7.54. The van der Waals surface area contributed by atoms with Crippen LogP contribution in [0.1, 0.15) is 37.9 Å². The van der Waals surface area contributed by atoms with E-state index in [9.17, 15) is 9.59 Å². The van der Waals surface area contributed by atoms with Crippen molar-refractivity contribution >= 4 is 35.2 Å². The normalized spacial score (nSPS) is 17.8. The van der Waals surface area contributed by atoms with E-state index in [4.69, 9.17) is 11.6 Å². The van der Waals surface area contributed by atoms with E-state index in [2.05, 4.69) is 15.1 Å². The third-order valence-electron chi connectivity index (χ3n) is 5.30. The minimum absolute atomic E-state index is 0.0828. The topological polar surface area (TPSA) is 71.3 Å². The van der Waals surface area contributed by atoms with E-state index in [0.717, 1.165) is 37.6 Å². The van der Waals surface area contributed by atoms with Crippen molar-refractivity contribution in [1.82, 2.24) is 24.6 Å². The van der Waals surface area contributed by atoms with Gasteiger partial charge in [-0.15, -0.1) is 10.2 Å². The summed E-state index contributed by atoms with van der Waals surface area (Å²) in [5, 5.41) is 10.1. The molecule has 0 N–H and O–H groups in total. The van der Waals surface area contributed by atoms with Gasteiger partial charge in [-0.2, -0.15) is 0 Å². The van der Waals surface area contributed by atoms with E-state index in [-0.39, 0.29) is 17.6 Å². The standard InChI is InChI=1S/C20H24ClN5O2S/c21-15-6-8-16(9-7-15)26-17(13-24-10-2-1-3-11-24)22-23-20(26)29-14-19(28)25-12-4-5-18(25)27/h6-9H,1-5,10-14H2. The average molecular weight is 434 g/mol. The molecule has 2 amide bonds. The van der Waals surface area contributed by atoms with E-state index in [1.54, 1.807) is 0 Å². The quantitative estimate of drug-likeness (QED) is 0.652. The molecule has 1 aromatic carbocycles. The highest BCUT2D eigenvalue weighted by Crippen LogP contribution is 2.25. The van der Waals surface area contributed by atoms with Crippen LogP contribution < -0.4 is 0 Å². The molecule has 2 aromatic rings. The highest BCUT2D eigenvalue weighted by atomic mass is 35.5. The zero-order chi connectivity index (χ0) is 20.2. The molecule has 7 nitrogen and oxygen atoms in total. The number of carbonyl (C=O) groups excluding carboxylic acids is 2. The number of nitrogens with zero attached hydrogens (tertiary/aromatic N) is 5. The number of hydrogen-bond acceptors (Lipinski definition) is 6. The zero-order valence-corrected chi connectivity index (χ0v) is 17.8. The lowest BCUT2D eigenvalue weighted by Crippen LogP contribution is -2.33. The number of aromatic nitrogens is 3. The number of piperidine rings is 1. The van der Waals surface area contributed by atoms with Crippen LogP contribution in [0.2, 0.25) is 5.02 Å². The number of imide groups is 1. The molecule has 1 aromatic heterocycles. The largest absolute Gasteiger partial charge is 0.296 e. The van der Waals surface area contributed by atoms with Crippen LogP contribution in [-0.2, 0) is 16.1 Å². The van der Waals surface area contributed by atoms with Crippen molar-refractivity contribution in [2.24, 2.45) is 0 Å². The van der Waals surface area contributed by atoms with Gasteiger partial charge in [0.15, 0.2) is 11.0 Å². The molecule has 0 aliphatic carbocycles. The van der Waals surface area contributed by atoms with Crippen molar-refractivity contribution in [3.63, 3.8) is 0 Å². The van der Waals surface area contributed by atoms with Crippen molar-refractivity contribution in [2.45, 2.75) is 43.8 Å². The first-order valence-corrected chi connectivity index (χ1v) is 11.4. The van der Waals surface area contributed by atoms with Gasteiger partial charge in [-0.05, 0) is 56.6 Å². The van der Waals surface area contributed by atoms with Gasteiger partial charge in [-0.3, -0.25) is 24.0 Å². The Balaban J connectivity index is 1.54. The SMILES string of the molecule is O=C1CCCN1C(=O)CSc1nnc(CN2CCCCC2)n1-c1ccc(Cl)cc1. The van der Waals surface area contributed by atoms with Crippen LogP contribution in [0.25, 0.3) is 5.69 Å². The number of halogens is 1. The Labute approximate surface area is 179 Å². The predicted octanol–water partition coefficient (Wildman–Crippen LogP) is 3.15. The lowest BCUT2D eigenvalue weighted by molar-refractivity contribution is -0.140. The molecule has 29 heavy (non-hydrogen) atoms. The molecule has 9 heteroatoms. The first-order valence-electron chi connectivity index (χ1n) is 10.0. The number of thioether (sulfide) groups is 1. The molecule has 2 aliphatic heterocycles. The summed E-state index contributed by atoms with van der Waals surface area (Å²) in [5.41, 5.74) is 0.915. The lowest BCUT2D eigenvalue weighted by atomic mass is 10.1. The molecular formula is C20H24ClN5O2S. The minimum Gasteiger partial charge on any atom is -0.296 e. The molecular weight excluding hydrogens is 410 g/mol. The Bertz CT molecular complexity index is 879. The Hall–Kier alpha value is -1.90. The zero-order valence-electron chi connectivity index (χ0n) is 16.2. The Morgan fingerprint density at radius 1 is 1.03 bits per heavy atom. The van der Waals surface area contributed by atoms with Crippen LogP contribution in [-0.4, -0.2) is 61.8 Å². The van der Waals surface area contributed by atoms with Crippen LogP contribution in [0.15, 0.2) is 29.4 Å². The Morgan fingerprint density at radius 2 is 1.79 bits per heavy atom. The van der Waals surface area contributed by atoms with Crippen molar-refractivity contribution in [3.8, 4) is 5.69 Å². The molecule has 3 heterocycles. The maximum atomic E-state index is 12.4. The van der Waals surface area contributed by atoms with Crippen molar-refractivity contribution in [3.05, 3.63) is 35.1 Å². The smallest absolute Gasteiger partial charge is 0.239 e. The van der Waals surface area contributed by atoms with Crippen LogP contribution in [0.5, 0.6) is 0 Å². The molecule has 4 rings (SSSR count). The van der Waals surface area contributed by atoms with E-state index in [1.165, 1.54) is 35.9 Å². The summed E-state index contributed by atoms with van der Waals surface area (Å²) in [4.78, 5) is 28.0. The van der Waals surface area contributed by atoms with E-state index < -0.39 is 0 Å². The first-order chi connectivity index (χ1) is 14.1. The van der Waals surface area contributed by atoms with E-state index in [1.807, 2.05) is 28.8 Å². The molecule has 0 radical (unpaired) electrons. The van der Waals surface area contributed by atoms with Gasteiger partial charge in [0.1, 0.15) is 0 Å². The monoisotopic (exact) mass is 433 g/mol. The second-order valence-electron chi connectivity index (χ2n) is 7.38. The molecule has 2 fully saturated rings. The molecule has 0 saturated carbocycles. The first kappa shape index (κ1) is 20.4. The molecule has 0 spiro atoms. The number of rotatable bonds is 6. The van der Waals surface area contributed by atoms with E-state index in [0.29, 0.717) is 23.1 Å². The Kier molecular flexibility index (Phi) is 6.52. The maximum Gasteiger partial charge on any atom is 0.239 e. The fraction of sp³-hybridized carbons (Fsp3) is 0.500. The molecule has 154 valence electrons. The highest BCUT2D eigenvalue weighted by molar-refractivity contribution is 7.99. The molecule has 2 saturated heterocycles. The summed E-state index contributed by atoms with van der Waals surface area (Å²) in [7, 11) is 0. The summed E-state index contributed by atoms with van der Waals surface area (Å²) >= 11 is 7.38. The van der Waals surface area contributed by atoms with E-state index >= 15 is 0 Å². The molecule has 0 unspecified atom stereocenters. The second kappa shape index (κ2) is 9.28. The van der Waals surface area contributed by atoms with Gasteiger partial charge in [0, 0.05) is 23.7 Å². The molecule has 0 bridgehead atoms. The number of amides is 2.